The zero-order valence-corrected chi connectivity index (χ0v) is 11.4. The van der Waals surface area contributed by atoms with Crippen LogP contribution < -0.4 is 5.43 Å². The van der Waals surface area contributed by atoms with E-state index in [9.17, 15) is 4.79 Å². The Kier molecular flexibility index (Phi) is 3.99. The number of hydrogen-bond acceptors (Lipinski definition) is 3. The molecule has 0 aliphatic carbocycles. The fraction of sp³-hybridized carbons (Fsp3) is 0.500. The fourth-order valence-electron chi connectivity index (χ4n) is 2.19. The first kappa shape index (κ1) is 13.1. The molecule has 1 aliphatic heterocycles. The predicted octanol–water partition coefficient (Wildman–Crippen LogP) is 1.20. The number of carbonyl (C=O) groups excluding carboxylic acids is 1. The molecule has 1 aromatic rings. The maximum Gasteiger partial charge on any atom is 0.265 e. The van der Waals surface area contributed by atoms with E-state index in [1.165, 1.54) is 5.56 Å². The van der Waals surface area contributed by atoms with Gasteiger partial charge in [0, 0.05) is 31.7 Å². The highest BCUT2D eigenvalue weighted by atomic mass is 16.2. The van der Waals surface area contributed by atoms with Gasteiger partial charge in [0.15, 0.2) is 0 Å². The Hall–Kier alpha value is -1.39. The Morgan fingerprint density at radius 3 is 2.44 bits per heavy atom. The van der Waals surface area contributed by atoms with Crippen molar-refractivity contribution in [2.45, 2.75) is 13.8 Å². The maximum absolute atomic E-state index is 12.2. The molecule has 1 saturated heterocycles. The van der Waals surface area contributed by atoms with Crippen molar-refractivity contribution < 1.29 is 4.79 Å². The van der Waals surface area contributed by atoms with Gasteiger partial charge in [0.05, 0.1) is 0 Å². The Morgan fingerprint density at radius 2 is 1.83 bits per heavy atom. The summed E-state index contributed by atoms with van der Waals surface area (Å²) in [6.45, 7) is 7.77. The number of hydrogen-bond donors (Lipinski definition) is 1. The first-order valence-corrected chi connectivity index (χ1v) is 6.38. The van der Waals surface area contributed by atoms with Gasteiger partial charge in [0.2, 0.25) is 0 Å². The minimum atomic E-state index is -0.00273. The highest BCUT2D eigenvalue weighted by molar-refractivity contribution is 5.95. The van der Waals surface area contributed by atoms with Crippen LogP contribution >= 0.6 is 0 Å². The quantitative estimate of drug-likeness (QED) is 0.853. The SMILES string of the molecule is Cc1ccc(C(=O)NN2CCN(C)CC2)c(C)c1. The van der Waals surface area contributed by atoms with E-state index in [1.54, 1.807) is 0 Å². The first-order valence-electron chi connectivity index (χ1n) is 6.38. The molecule has 0 bridgehead atoms. The molecule has 2 rings (SSSR count). The zero-order chi connectivity index (χ0) is 13.1. The second-order valence-electron chi connectivity index (χ2n) is 5.05. The van der Waals surface area contributed by atoms with Crippen LogP contribution in [0, 0.1) is 13.8 Å². The van der Waals surface area contributed by atoms with Gasteiger partial charge >= 0.3 is 0 Å². The van der Waals surface area contributed by atoms with Gasteiger partial charge in [0.25, 0.3) is 5.91 Å². The molecule has 1 N–H and O–H groups in total. The number of carbonyl (C=O) groups is 1. The normalized spacial score (nSPS) is 17.7. The monoisotopic (exact) mass is 247 g/mol. The molecule has 98 valence electrons. The van der Waals surface area contributed by atoms with Crippen molar-refractivity contribution in [3.05, 3.63) is 34.9 Å². The summed E-state index contributed by atoms with van der Waals surface area (Å²) in [5.74, 6) is -0.00273. The molecular weight excluding hydrogens is 226 g/mol. The molecule has 4 heteroatoms. The summed E-state index contributed by atoms with van der Waals surface area (Å²) in [6, 6.07) is 5.92. The molecule has 0 unspecified atom stereocenters. The number of rotatable bonds is 2. The number of nitrogens with one attached hydrogen (secondary N) is 1. The summed E-state index contributed by atoms with van der Waals surface area (Å²) in [5, 5.41) is 2.00. The Labute approximate surface area is 109 Å². The van der Waals surface area contributed by atoms with Crippen molar-refractivity contribution >= 4 is 5.91 Å². The average Bonchev–Trinajstić information content (AvgIpc) is 2.32. The number of likely N-dealkylation sites (N-methyl/N-ethyl adjacent to an activating group) is 1. The van der Waals surface area contributed by atoms with Crippen molar-refractivity contribution in [1.29, 1.82) is 0 Å². The Bertz CT molecular complexity index is 437. The molecule has 0 aromatic heterocycles. The molecule has 1 amide bonds. The minimum absolute atomic E-state index is 0.00273. The molecule has 18 heavy (non-hydrogen) atoms. The van der Waals surface area contributed by atoms with Gasteiger partial charge in [-0.15, -0.1) is 0 Å². The fourth-order valence-corrected chi connectivity index (χ4v) is 2.19. The third-order valence-electron chi connectivity index (χ3n) is 3.39. The van der Waals surface area contributed by atoms with E-state index in [1.807, 2.05) is 37.1 Å². The summed E-state index contributed by atoms with van der Waals surface area (Å²) < 4.78 is 0. The minimum Gasteiger partial charge on any atom is -0.304 e. The summed E-state index contributed by atoms with van der Waals surface area (Å²) in [6.07, 6.45) is 0. The second kappa shape index (κ2) is 5.50. The smallest absolute Gasteiger partial charge is 0.265 e. The lowest BCUT2D eigenvalue weighted by Gasteiger charge is -2.32. The van der Waals surface area contributed by atoms with E-state index in [0.29, 0.717) is 0 Å². The van der Waals surface area contributed by atoms with Crippen molar-refractivity contribution in [2.75, 3.05) is 33.2 Å². The summed E-state index contributed by atoms with van der Waals surface area (Å²) in [4.78, 5) is 14.4. The van der Waals surface area contributed by atoms with E-state index < -0.39 is 0 Å². The number of piperazine rings is 1. The molecule has 4 nitrogen and oxygen atoms in total. The number of benzene rings is 1. The molecule has 1 aromatic carbocycles. The van der Waals surface area contributed by atoms with E-state index in [2.05, 4.69) is 17.4 Å². The highest BCUT2D eigenvalue weighted by Crippen LogP contribution is 2.10. The Morgan fingerprint density at radius 1 is 1.17 bits per heavy atom. The van der Waals surface area contributed by atoms with Crippen LogP contribution in [0.5, 0.6) is 0 Å². The van der Waals surface area contributed by atoms with Crippen LogP contribution in [0.15, 0.2) is 18.2 Å². The largest absolute Gasteiger partial charge is 0.304 e. The van der Waals surface area contributed by atoms with E-state index in [0.717, 1.165) is 37.3 Å². The van der Waals surface area contributed by atoms with Crippen molar-refractivity contribution in [2.24, 2.45) is 0 Å². The van der Waals surface area contributed by atoms with Gasteiger partial charge in [-0.05, 0) is 32.5 Å². The average molecular weight is 247 g/mol. The van der Waals surface area contributed by atoms with Crippen LogP contribution in [-0.2, 0) is 0 Å². The molecule has 0 atom stereocenters. The third kappa shape index (κ3) is 3.09. The van der Waals surface area contributed by atoms with Gasteiger partial charge < -0.3 is 4.90 Å². The lowest BCUT2D eigenvalue weighted by molar-refractivity contribution is 0.0662. The van der Waals surface area contributed by atoms with Gasteiger partial charge in [-0.1, -0.05) is 17.7 Å². The topological polar surface area (TPSA) is 35.6 Å². The van der Waals surface area contributed by atoms with Crippen molar-refractivity contribution in [3.63, 3.8) is 0 Å². The van der Waals surface area contributed by atoms with Crippen LogP contribution in [0.1, 0.15) is 21.5 Å². The third-order valence-corrected chi connectivity index (χ3v) is 3.39. The molecule has 0 saturated carbocycles. The van der Waals surface area contributed by atoms with Crippen LogP contribution in [0.4, 0.5) is 0 Å². The molecule has 1 fully saturated rings. The van der Waals surface area contributed by atoms with Gasteiger partial charge in [-0.25, -0.2) is 5.01 Å². The Balaban J connectivity index is 1.99. The van der Waals surface area contributed by atoms with E-state index >= 15 is 0 Å². The molecule has 0 spiro atoms. The van der Waals surface area contributed by atoms with Gasteiger partial charge in [-0.3, -0.25) is 10.2 Å². The number of hydrazine groups is 1. The second-order valence-corrected chi connectivity index (χ2v) is 5.05. The number of amides is 1. The summed E-state index contributed by atoms with van der Waals surface area (Å²) in [7, 11) is 2.10. The number of aryl methyl sites for hydroxylation is 2. The molecule has 1 aliphatic rings. The summed E-state index contributed by atoms with van der Waals surface area (Å²) in [5.41, 5.74) is 5.96. The first-order chi connectivity index (χ1) is 8.56. The standard InChI is InChI=1S/C14H21N3O/c1-11-4-5-13(12(2)10-11)14(18)15-17-8-6-16(3)7-9-17/h4-5,10H,6-9H2,1-3H3,(H,15,18). The van der Waals surface area contributed by atoms with Crippen molar-refractivity contribution in [1.82, 2.24) is 15.3 Å². The van der Waals surface area contributed by atoms with Crippen LogP contribution in [0.25, 0.3) is 0 Å². The van der Waals surface area contributed by atoms with Crippen LogP contribution in [0.2, 0.25) is 0 Å². The molecular formula is C14H21N3O. The predicted molar refractivity (Wildman–Crippen MR) is 72.5 cm³/mol. The number of nitrogens with zero attached hydrogens (tertiary/aromatic N) is 2. The zero-order valence-electron chi connectivity index (χ0n) is 11.4. The summed E-state index contributed by atoms with van der Waals surface area (Å²) >= 11 is 0. The highest BCUT2D eigenvalue weighted by Gasteiger charge is 2.17. The van der Waals surface area contributed by atoms with Crippen LogP contribution in [0.3, 0.4) is 0 Å². The maximum atomic E-state index is 12.2. The van der Waals surface area contributed by atoms with Gasteiger partial charge in [-0.2, -0.15) is 0 Å². The van der Waals surface area contributed by atoms with E-state index in [-0.39, 0.29) is 5.91 Å². The van der Waals surface area contributed by atoms with Crippen LogP contribution in [-0.4, -0.2) is 49.0 Å². The lowest BCUT2D eigenvalue weighted by atomic mass is 10.1. The molecule has 1 heterocycles. The molecule has 0 radical (unpaired) electrons. The van der Waals surface area contributed by atoms with E-state index in [4.69, 9.17) is 0 Å². The van der Waals surface area contributed by atoms with Crippen molar-refractivity contribution in [3.8, 4) is 0 Å². The van der Waals surface area contributed by atoms with Gasteiger partial charge in [0.1, 0.15) is 0 Å². The lowest BCUT2D eigenvalue weighted by Crippen LogP contribution is -2.52.